The third-order valence-electron chi connectivity index (χ3n) is 6.64. The van der Waals surface area contributed by atoms with Crippen molar-refractivity contribution in [3.05, 3.63) is 51.9 Å². The Morgan fingerprint density at radius 1 is 1.30 bits per heavy atom. The van der Waals surface area contributed by atoms with E-state index in [9.17, 15) is 14.7 Å². The van der Waals surface area contributed by atoms with Crippen molar-refractivity contribution in [3.63, 3.8) is 0 Å². The molecular weight excluding hydrogens is 472 g/mol. The molecule has 1 aliphatic heterocycles. The number of nitrogens with one attached hydrogen (secondary N) is 2. The zero-order chi connectivity index (χ0) is 26.5. The maximum absolute atomic E-state index is 12.5. The Hall–Kier alpha value is -3.01. The van der Waals surface area contributed by atoms with Gasteiger partial charge in [-0.1, -0.05) is 19.9 Å². The number of hydrogen-bond donors (Lipinski definition) is 3. The van der Waals surface area contributed by atoms with E-state index in [0.717, 1.165) is 53.9 Å². The Labute approximate surface area is 217 Å². The smallest absolute Gasteiger partial charge is 0.325 e. The maximum atomic E-state index is 12.5. The van der Waals surface area contributed by atoms with Crippen LogP contribution in [-0.4, -0.2) is 57.1 Å². The first-order valence-corrected chi connectivity index (χ1v) is 13.1. The van der Waals surface area contributed by atoms with Crippen LogP contribution in [0.4, 0.5) is 0 Å². The molecule has 0 aliphatic carbocycles. The number of fused-ring (bicyclic) bond motifs is 1. The van der Waals surface area contributed by atoms with Gasteiger partial charge in [0.2, 0.25) is 0 Å². The highest BCUT2D eigenvalue weighted by molar-refractivity contribution is 5.81. The van der Waals surface area contributed by atoms with Crippen molar-refractivity contribution in [2.45, 2.75) is 78.3 Å². The summed E-state index contributed by atoms with van der Waals surface area (Å²) in [6.07, 6.45) is 4.14. The van der Waals surface area contributed by atoms with E-state index in [1.165, 1.54) is 0 Å². The molecule has 4 rings (SSSR count). The van der Waals surface area contributed by atoms with Crippen molar-refractivity contribution in [3.8, 4) is 11.4 Å². The van der Waals surface area contributed by atoms with Gasteiger partial charge in [-0.05, 0) is 62.8 Å². The molecule has 3 N–H and O–H groups in total. The summed E-state index contributed by atoms with van der Waals surface area (Å²) in [5.74, 6) is 0.528. The van der Waals surface area contributed by atoms with Crippen molar-refractivity contribution >= 4 is 17.0 Å². The molecule has 1 aromatic carbocycles. The second-order valence-corrected chi connectivity index (χ2v) is 10.4. The molecule has 1 fully saturated rings. The van der Waals surface area contributed by atoms with Gasteiger partial charge in [-0.2, -0.15) is 0 Å². The largest absolute Gasteiger partial charge is 0.464 e. The molecule has 200 valence electrons. The standard InChI is InChI=1S/C28H38N4O5/c1-17(2)16-37-28(35)25(19(4)33)29-13-20-8-9-24-23(12-20)31-26(21-11-18(3)27(34)30-14-21)32(24)15-22-7-5-6-10-36-22/h8-9,11-12,14,17,19,22,25,29,33H,5-7,10,13,15-16H2,1-4H3,(H,30,34)/t19-,22?,25+/m1/s1. The lowest BCUT2D eigenvalue weighted by Gasteiger charge is -2.24. The molecule has 0 amide bonds. The molecular formula is C28H38N4O5. The average molecular weight is 511 g/mol. The van der Waals surface area contributed by atoms with Gasteiger partial charge in [-0.25, -0.2) is 4.98 Å². The van der Waals surface area contributed by atoms with Gasteiger partial charge in [0.1, 0.15) is 11.9 Å². The molecule has 3 aromatic rings. The van der Waals surface area contributed by atoms with Crippen molar-refractivity contribution in [2.24, 2.45) is 5.92 Å². The summed E-state index contributed by atoms with van der Waals surface area (Å²) < 4.78 is 13.5. The summed E-state index contributed by atoms with van der Waals surface area (Å²) in [5.41, 5.74) is 4.06. The van der Waals surface area contributed by atoms with Crippen LogP contribution in [-0.2, 0) is 27.4 Å². The van der Waals surface area contributed by atoms with Crippen LogP contribution in [0, 0.1) is 12.8 Å². The second-order valence-electron chi connectivity index (χ2n) is 10.4. The van der Waals surface area contributed by atoms with Crippen LogP contribution in [0.2, 0.25) is 0 Å². The lowest BCUT2D eigenvalue weighted by molar-refractivity contribution is -0.150. The summed E-state index contributed by atoms with van der Waals surface area (Å²) in [6, 6.07) is 7.04. The number of aromatic nitrogens is 3. The number of rotatable bonds is 10. The third kappa shape index (κ3) is 6.66. The van der Waals surface area contributed by atoms with Crippen LogP contribution in [0.1, 0.15) is 51.2 Å². The number of esters is 1. The molecule has 0 saturated carbocycles. The average Bonchev–Trinajstić information content (AvgIpc) is 3.22. The van der Waals surface area contributed by atoms with Gasteiger partial charge < -0.3 is 24.1 Å². The van der Waals surface area contributed by atoms with Crippen molar-refractivity contribution in [2.75, 3.05) is 13.2 Å². The Morgan fingerprint density at radius 2 is 2.11 bits per heavy atom. The molecule has 37 heavy (non-hydrogen) atoms. The highest BCUT2D eigenvalue weighted by Crippen LogP contribution is 2.27. The minimum Gasteiger partial charge on any atom is -0.464 e. The van der Waals surface area contributed by atoms with E-state index < -0.39 is 18.1 Å². The number of pyridine rings is 1. The number of imidazole rings is 1. The molecule has 1 aliphatic rings. The van der Waals surface area contributed by atoms with Crippen molar-refractivity contribution in [1.29, 1.82) is 0 Å². The number of aliphatic hydroxyl groups is 1. The molecule has 3 atom stereocenters. The number of aryl methyl sites for hydroxylation is 1. The van der Waals surface area contributed by atoms with E-state index in [4.69, 9.17) is 14.5 Å². The van der Waals surface area contributed by atoms with Gasteiger partial charge in [0.15, 0.2) is 0 Å². The Balaban J connectivity index is 1.61. The fourth-order valence-electron chi connectivity index (χ4n) is 4.59. The highest BCUT2D eigenvalue weighted by atomic mass is 16.5. The summed E-state index contributed by atoms with van der Waals surface area (Å²) in [5, 5.41) is 13.3. The van der Waals surface area contributed by atoms with E-state index in [1.54, 1.807) is 20.0 Å². The third-order valence-corrected chi connectivity index (χ3v) is 6.64. The van der Waals surface area contributed by atoms with Gasteiger partial charge in [-0.15, -0.1) is 0 Å². The predicted molar refractivity (Wildman–Crippen MR) is 142 cm³/mol. The fourth-order valence-corrected chi connectivity index (χ4v) is 4.59. The molecule has 1 unspecified atom stereocenters. The van der Waals surface area contributed by atoms with Crippen LogP contribution in [0.15, 0.2) is 35.3 Å². The summed E-state index contributed by atoms with van der Waals surface area (Å²) >= 11 is 0. The first kappa shape index (κ1) is 27.0. The van der Waals surface area contributed by atoms with Crippen LogP contribution >= 0.6 is 0 Å². The number of aromatic amines is 1. The zero-order valence-electron chi connectivity index (χ0n) is 22.1. The van der Waals surface area contributed by atoms with Gasteiger partial charge in [-0.3, -0.25) is 14.9 Å². The molecule has 2 aromatic heterocycles. The van der Waals surface area contributed by atoms with Gasteiger partial charge >= 0.3 is 5.97 Å². The first-order chi connectivity index (χ1) is 17.7. The predicted octanol–water partition coefficient (Wildman–Crippen LogP) is 3.31. The number of H-pyrrole nitrogens is 1. The number of nitrogens with zero attached hydrogens (tertiary/aromatic N) is 2. The van der Waals surface area contributed by atoms with Crippen molar-refractivity contribution < 1.29 is 19.4 Å². The van der Waals surface area contributed by atoms with Crippen molar-refractivity contribution in [1.82, 2.24) is 19.9 Å². The number of benzene rings is 1. The van der Waals surface area contributed by atoms with Gasteiger partial charge in [0, 0.05) is 30.5 Å². The summed E-state index contributed by atoms with van der Waals surface area (Å²) in [7, 11) is 0. The van der Waals surface area contributed by atoms with Crippen LogP contribution < -0.4 is 10.9 Å². The van der Waals surface area contributed by atoms with Gasteiger partial charge in [0.25, 0.3) is 5.56 Å². The zero-order valence-corrected chi connectivity index (χ0v) is 22.1. The molecule has 0 radical (unpaired) electrons. The Bertz CT molecular complexity index is 1270. The maximum Gasteiger partial charge on any atom is 0.325 e. The highest BCUT2D eigenvalue weighted by Gasteiger charge is 2.25. The van der Waals surface area contributed by atoms with E-state index in [2.05, 4.69) is 14.9 Å². The molecule has 1 saturated heterocycles. The topological polar surface area (TPSA) is 118 Å². The molecule has 9 heteroatoms. The minimum atomic E-state index is -0.895. The molecule has 0 bridgehead atoms. The fraction of sp³-hybridized carbons (Fsp3) is 0.536. The quantitative estimate of drug-likeness (QED) is 0.358. The Kier molecular flexibility index (Phi) is 8.79. The normalized spacial score (nSPS) is 17.7. The number of aliphatic hydroxyl groups excluding tert-OH is 1. The number of carbonyl (C=O) groups excluding carboxylic acids is 1. The molecule has 0 spiro atoms. The SMILES string of the molecule is Cc1cc(-c2nc3cc(CN[C@H](C(=O)OCC(C)C)[C@@H](C)O)ccc3n2CC2CCCCO2)c[nH]c1=O. The monoisotopic (exact) mass is 510 g/mol. The second kappa shape index (κ2) is 12.0. The van der Waals surface area contributed by atoms with Gasteiger partial charge in [0.05, 0.1) is 36.4 Å². The van der Waals surface area contributed by atoms with E-state index in [1.807, 2.05) is 38.1 Å². The lowest BCUT2D eigenvalue weighted by Crippen LogP contribution is -2.45. The molecule has 3 heterocycles. The van der Waals surface area contributed by atoms with E-state index >= 15 is 0 Å². The number of ether oxygens (including phenoxy) is 2. The van der Waals surface area contributed by atoms with E-state index in [0.29, 0.717) is 25.3 Å². The lowest BCUT2D eigenvalue weighted by atomic mass is 10.1. The summed E-state index contributed by atoms with van der Waals surface area (Å²) in [4.78, 5) is 32.2. The Morgan fingerprint density at radius 3 is 2.78 bits per heavy atom. The van der Waals surface area contributed by atoms with Crippen LogP contribution in [0.25, 0.3) is 22.4 Å². The molecule has 9 nitrogen and oxygen atoms in total. The summed E-state index contributed by atoms with van der Waals surface area (Å²) in [6.45, 7) is 9.42. The first-order valence-electron chi connectivity index (χ1n) is 13.1. The minimum absolute atomic E-state index is 0.110. The van der Waals surface area contributed by atoms with Crippen LogP contribution in [0.5, 0.6) is 0 Å². The van der Waals surface area contributed by atoms with Crippen LogP contribution in [0.3, 0.4) is 0 Å². The van der Waals surface area contributed by atoms with E-state index in [-0.39, 0.29) is 17.6 Å². The number of hydrogen-bond acceptors (Lipinski definition) is 7. The number of carbonyl (C=O) groups is 1.